The fraction of sp³-hybridized carbons (Fsp3) is 0.727. The highest BCUT2D eigenvalue weighted by molar-refractivity contribution is 7.09. The van der Waals surface area contributed by atoms with Gasteiger partial charge in [0, 0.05) is 36.6 Å². The molecule has 2 fully saturated rings. The Balaban J connectivity index is 1.48. The molecular formula is C22H36N4O2S. The summed E-state index contributed by atoms with van der Waals surface area (Å²) in [5, 5.41) is 9.21. The predicted octanol–water partition coefficient (Wildman–Crippen LogP) is 4.02. The molecule has 3 heterocycles. The van der Waals surface area contributed by atoms with Crippen LogP contribution in [0.3, 0.4) is 0 Å². The lowest BCUT2D eigenvalue weighted by atomic mass is 9.98. The zero-order chi connectivity index (χ0) is 21.0. The molecule has 3 atom stereocenters. The highest BCUT2D eigenvalue weighted by atomic mass is 32.1. The molecule has 2 bridgehead atoms. The van der Waals surface area contributed by atoms with E-state index < -0.39 is 5.60 Å². The van der Waals surface area contributed by atoms with Gasteiger partial charge in [-0.1, -0.05) is 13.0 Å². The van der Waals surface area contributed by atoms with E-state index in [-0.39, 0.29) is 18.2 Å². The molecule has 0 aromatic carbocycles. The molecule has 2 saturated heterocycles. The first kappa shape index (κ1) is 21.9. The molecule has 0 saturated carbocycles. The molecule has 0 radical (unpaired) electrons. The third-order valence-electron chi connectivity index (χ3n) is 5.65. The number of carbonyl (C=O) groups is 1. The van der Waals surface area contributed by atoms with E-state index in [9.17, 15) is 4.79 Å². The number of nitrogens with one attached hydrogen (secondary N) is 2. The number of piperidine rings is 1. The molecule has 1 aromatic rings. The molecule has 1 amide bonds. The van der Waals surface area contributed by atoms with Crippen LogP contribution in [-0.4, -0.2) is 54.3 Å². The van der Waals surface area contributed by atoms with Crippen LogP contribution in [0.2, 0.25) is 0 Å². The second-order valence-electron chi connectivity index (χ2n) is 9.43. The molecule has 162 valence electrons. The van der Waals surface area contributed by atoms with Gasteiger partial charge in [0.2, 0.25) is 0 Å². The third kappa shape index (κ3) is 6.11. The number of amides is 1. The molecule has 2 aliphatic rings. The van der Waals surface area contributed by atoms with E-state index in [1.807, 2.05) is 44.1 Å². The Hall–Kier alpha value is -1.76. The summed E-state index contributed by atoms with van der Waals surface area (Å²) < 4.78 is 5.63. The third-order valence-corrected chi connectivity index (χ3v) is 6.55. The van der Waals surface area contributed by atoms with Gasteiger partial charge in [-0.05, 0) is 70.2 Å². The quantitative estimate of drug-likeness (QED) is 0.558. The molecule has 3 rings (SSSR count). The number of hydrogen-bond acceptors (Lipinski definition) is 4. The van der Waals surface area contributed by atoms with E-state index in [4.69, 9.17) is 4.74 Å². The summed E-state index contributed by atoms with van der Waals surface area (Å²) in [6.45, 7) is 8.93. The average Bonchev–Trinajstić information content (AvgIpc) is 3.23. The maximum Gasteiger partial charge on any atom is 0.410 e. The Morgan fingerprint density at radius 3 is 2.59 bits per heavy atom. The second-order valence-corrected chi connectivity index (χ2v) is 10.5. The Bertz CT molecular complexity index is 684. The van der Waals surface area contributed by atoms with Gasteiger partial charge in [0.15, 0.2) is 5.96 Å². The van der Waals surface area contributed by atoms with Gasteiger partial charge in [-0.25, -0.2) is 4.79 Å². The van der Waals surface area contributed by atoms with Crippen LogP contribution in [0.5, 0.6) is 0 Å². The van der Waals surface area contributed by atoms with E-state index in [2.05, 4.69) is 40.1 Å². The van der Waals surface area contributed by atoms with Crippen LogP contribution in [0, 0.1) is 5.92 Å². The van der Waals surface area contributed by atoms with Crippen LogP contribution < -0.4 is 10.6 Å². The molecule has 1 aromatic heterocycles. The van der Waals surface area contributed by atoms with Crippen LogP contribution >= 0.6 is 11.3 Å². The standard InChI is InChI=1S/C22H36N4O2S/c1-15(11-19-7-6-10-29-19)14-24-20(23-5)25-16-12-17-8-9-18(13-16)26(17)21(27)28-22(2,3)4/h6-7,10,15-18H,8-9,11-14H2,1-5H3,(H2,23,24,25). The number of carbonyl (C=O) groups excluding carboxylic acids is 1. The predicted molar refractivity (Wildman–Crippen MR) is 120 cm³/mol. The van der Waals surface area contributed by atoms with Crippen LogP contribution in [0.4, 0.5) is 4.79 Å². The molecule has 3 unspecified atom stereocenters. The molecule has 7 heteroatoms. The van der Waals surface area contributed by atoms with Gasteiger partial charge in [-0.2, -0.15) is 0 Å². The largest absolute Gasteiger partial charge is 0.444 e. The number of nitrogens with zero attached hydrogens (tertiary/aromatic N) is 2. The van der Waals surface area contributed by atoms with Gasteiger partial charge in [-0.15, -0.1) is 11.3 Å². The average molecular weight is 421 g/mol. The zero-order valence-electron chi connectivity index (χ0n) is 18.4. The minimum absolute atomic E-state index is 0.159. The molecule has 2 aliphatic heterocycles. The van der Waals surface area contributed by atoms with Gasteiger partial charge in [0.05, 0.1) is 0 Å². The molecule has 0 spiro atoms. The monoisotopic (exact) mass is 420 g/mol. The number of fused-ring (bicyclic) bond motifs is 2. The van der Waals surface area contributed by atoms with E-state index in [0.717, 1.165) is 44.6 Å². The number of guanidine groups is 1. The van der Waals surface area contributed by atoms with Crippen LogP contribution in [0.15, 0.2) is 22.5 Å². The molecule has 0 aliphatic carbocycles. The van der Waals surface area contributed by atoms with Crippen molar-refractivity contribution in [3.63, 3.8) is 0 Å². The van der Waals surface area contributed by atoms with E-state index in [1.54, 1.807) is 0 Å². The Labute approximate surface area is 179 Å². The first-order valence-electron chi connectivity index (χ1n) is 10.8. The van der Waals surface area contributed by atoms with Gasteiger partial charge in [-0.3, -0.25) is 4.99 Å². The highest BCUT2D eigenvalue weighted by Crippen LogP contribution is 2.36. The SMILES string of the molecule is CN=C(NCC(C)Cc1cccs1)NC1CC2CCC(C1)N2C(=O)OC(C)(C)C. The lowest BCUT2D eigenvalue weighted by Crippen LogP contribution is -2.55. The van der Waals surface area contributed by atoms with Gasteiger partial charge in [0.1, 0.15) is 5.60 Å². The second kappa shape index (κ2) is 9.37. The van der Waals surface area contributed by atoms with Crippen molar-refractivity contribution in [1.82, 2.24) is 15.5 Å². The minimum Gasteiger partial charge on any atom is -0.444 e. The Kier molecular flexibility index (Phi) is 7.09. The Morgan fingerprint density at radius 2 is 2.03 bits per heavy atom. The maximum atomic E-state index is 12.6. The van der Waals surface area contributed by atoms with Crippen molar-refractivity contribution in [2.45, 2.75) is 83.5 Å². The summed E-state index contributed by atoms with van der Waals surface area (Å²) in [5.41, 5.74) is -0.447. The van der Waals surface area contributed by atoms with E-state index in [1.165, 1.54) is 4.88 Å². The fourth-order valence-electron chi connectivity index (χ4n) is 4.41. The van der Waals surface area contributed by atoms with Crippen LogP contribution in [0.1, 0.15) is 58.3 Å². The minimum atomic E-state index is -0.447. The number of rotatable bonds is 5. The van der Waals surface area contributed by atoms with Crippen LogP contribution in [0.25, 0.3) is 0 Å². The van der Waals surface area contributed by atoms with E-state index in [0.29, 0.717) is 12.0 Å². The summed E-state index contributed by atoms with van der Waals surface area (Å²) in [6.07, 6.45) is 4.94. The summed E-state index contributed by atoms with van der Waals surface area (Å²) in [6, 6.07) is 5.17. The van der Waals surface area contributed by atoms with Crippen molar-refractivity contribution in [3.8, 4) is 0 Å². The number of hydrogen-bond donors (Lipinski definition) is 2. The number of aliphatic imine (C=N–C) groups is 1. The maximum absolute atomic E-state index is 12.6. The van der Waals surface area contributed by atoms with E-state index >= 15 is 0 Å². The van der Waals surface area contributed by atoms with Gasteiger partial charge in [0.25, 0.3) is 0 Å². The van der Waals surface area contributed by atoms with Gasteiger partial charge >= 0.3 is 6.09 Å². The van der Waals surface area contributed by atoms with Crippen molar-refractivity contribution in [3.05, 3.63) is 22.4 Å². The number of thiophene rings is 1. The van der Waals surface area contributed by atoms with Gasteiger partial charge < -0.3 is 20.3 Å². The van der Waals surface area contributed by atoms with Crippen molar-refractivity contribution < 1.29 is 9.53 Å². The van der Waals surface area contributed by atoms with Crippen molar-refractivity contribution in [2.24, 2.45) is 10.9 Å². The summed E-state index contributed by atoms with van der Waals surface area (Å²) in [7, 11) is 1.82. The Morgan fingerprint density at radius 1 is 1.34 bits per heavy atom. The summed E-state index contributed by atoms with van der Waals surface area (Å²) in [4.78, 5) is 20.4. The topological polar surface area (TPSA) is 66.0 Å². The summed E-state index contributed by atoms with van der Waals surface area (Å²) in [5.74, 6) is 1.40. The first-order valence-corrected chi connectivity index (χ1v) is 11.6. The van der Waals surface area contributed by atoms with Crippen molar-refractivity contribution in [2.75, 3.05) is 13.6 Å². The highest BCUT2D eigenvalue weighted by Gasteiger charge is 2.45. The molecule has 29 heavy (non-hydrogen) atoms. The zero-order valence-corrected chi connectivity index (χ0v) is 19.2. The molecule has 2 N–H and O–H groups in total. The van der Waals surface area contributed by atoms with Crippen LogP contribution in [-0.2, 0) is 11.2 Å². The van der Waals surface area contributed by atoms with Crippen molar-refractivity contribution in [1.29, 1.82) is 0 Å². The summed E-state index contributed by atoms with van der Waals surface area (Å²) >= 11 is 1.82. The molecule has 6 nitrogen and oxygen atoms in total. The fourth-order valence-corrected chi connectivity index (χ4v) is 5.28. The normalized spacial score (nSPS) is 25.6. The van der Waals surface area contributed by atoms with Crippen molar-refractivity contribution >= 4 is 23.4 Å². The lowest BCUT2D eigenvalue weighted by Gasteiger charge is -2.40. The smallest absolute Gasteiger partial charge is 0.410 e. The first-order chi connectivity index (χ1) is 13.7. The molecular weight excluding hydrogens is 384 g/mol. The number of ether oxygens (including phenoxy) is 1. The lowest BCUT2D eigenvalue weighted by molar-refractivity contribution is 0.00545.